The van der Waals surface area contributed by atoms with Crippen LogP contribution in [0.5, 0.6) is 11.5 Å². The third-order valence-electron chi connectivity index (χ3n) is 6.32. The number of hydrogen-bond acceptors (Lipinski definition) is 7. The normalized spacial score (nSPS) is 27.0. The summed E-state index contributed by atoms with van der Waals surface area (Å²) in [5.41, 5.74) is 1.30. The van der Waals surface area contributed by atoms with Gasteiger partial charge in [0.15, 0.2) is 17.3 Å². The fourth-order valence-corrected chi connectivity index (χ4v) is 4.64. The van der Waals surface area contributed by atoms with Crippen LogP contribution >= 0.6 is 0 Å². The quantitative estimate of drug-likeness (QED) is 0.686. The molecule has 1 saturated carbocycles. The summed E-state index contributed by atoms with van der Waals surface area (Å²) < 4.78 is 28.1. The lowest BCUT2D eigenvalue weighted by molar-refractivity contribution is -0.129. The van der Waals surface area contributed by atoms with Gasteiger partial charge in [-0.1, -0.05) is 13.0 Å². The zero-order chi connectivity index (χ0) is 21.4. The summed E-state index contributed by atoms with van der Waals surface area (Å²) >= 11 is 0. The smallest absolute Gasteiger partial charge is 0.374 e. The number of benzene rings is 1. The largest absolute Gasteiger partial charge is 0.496 e. The van der Waals surface area contributed by atoms with Crippen molar-refractivity contribution in [2.45, 2.75) is 38.4 Å². The number of rotatable bonds is 4. The van der Waals surface area contributed by atoms with Crippen molar-refractivity contribution < 1.29 is 33.0 Å². The zero-order valence-electron chi connectivity index (χ0n) is 17.2. The number of ether oxygens (including phenoxy) is 4. The van der Waals surface area contributed by atoms with E-state index in [2.05, 4.69) is 0 Å². The maximum atomic E-state index is 13.4. The number of Topliss-reactive ketones (excluding diaryl/α,β-unsaturated/α-hetero) is 1. The fourth-order valence-electron chi connectivity index (χ4n) is 4.64. The summed E-state index contributed by atoms with van der Waals surface area (Å²) in [4.78, 5) is 25.7. The molecule has 3 heterocycles. The number of furan rings is 1. The Kier molecular flexibility index (Phi) is 5.18. The Hall–Kier alpha value is -3.22. The van der Waals surface area contributed by atoms with Gasteiger partial charge in [-0.05, 0) is 48.6 Å². The Labute approximate surface area is 179 Å². The van der Waals surface area contributed by atoms with Gasteiger partial charge in [-0.15, -0.1) is 0 Å². The summed E-state index contributed by atoms with van der Waals surface area (Å²) in [5, 5.41) is 0. The third-order valence-corrected chi connectivity index (χ3v) is 6.32. The molecule has 162 valence electrons. The molecule has 0 N–H and O–H groups in total. The lowest BCUT2D eigenvalue weighted by Crippen LogP contribution is -2.46. The predicted octanol–water partition coefficient (Wildman–Crippen LogP) is 4.02. The van der Waals surface area contributed by atoms with Gasteiger partial charge in [0.25, 0.3) is 0 Å². The number of ketones is 1. The van der Waals surface area contributed by atoms with Gasteiger partial charge in [-0.25, -0.2) is 4.79 Å². The number of hydrogen-bond donors (Lipinski definition) is 0. The zero-order valence-corrected chi connectivity index (χ0v) is 17.2. The first-order valence-corrected chi connectivity index (χ1v) is 10.7. The van der Waals surface area contributed by atoms with Gasteiger partial charge < -0.3 is 23.4 Å². The summed E-state index contributed by atoms with van der Waals surface area (Å²) in [5.74, 6) is 0.883. The maximum absolute atomic E-state index is 13.4. The van der Waals surface area contributed by atoms with Crippen LogP contribution < -0.4 is 9.47 Å². The predicted molar refractivity (Wildman–Crippen MR) is 110 cm³/mol. The molecule has 4 atom stereocenters. The van der Waals surface area contributed by atoms with Gasteiger partial charge in [0, 0.05) is 6.42 Å². The van der Waals surface area contributed by atoms with E-state index in [9.17, 15) is 9.59 Å². The molecule has 5 rings (SSSR count). The highest BCUT2D eigenvalue weighted by Crippen LogP contribution is 2.42. The average Bonchev–Trinajstić information content (AvgIpc) is 3.34. The summed E-state index contributed by atoms with van der Waals surface area (Å²) in [7, 11) is 0. The van der Waals surface area contributed by atoms with Crippen molar-refractivity contribution in [3.05, 3.63) is 54.2 Å². The number of fused-ring (bicyclic) bond motifs is 2. The van der Waals surface area contributed by atoms with E-state index in [0.717, 1.165) is 12.0 Å². The minimum Gasteiger partial charge on any atom is -0.496 e. The third kappa shape index (κ3) is 3.69. The molecular formula is C24H24O7. The van der Waals surface area contributed by atoms with Gasteiger partial charge in [-0.3, -0.25) is 4.79 Å². The van der Waals surface area contributed by atoms with Crippen LogP contribution in [0.1, 0.15) is 42.3 Å². The van der Waals surface area contributed by atoms with Crippen LogP contribution in [0.4, 0.5) is 0 Å². The van der Waals surface area contributed by atoms with Crippen LogP contribution in [-0.4, -0.2) is 37.2 Å². The summed E-state index contributed by atoms with van der Waals surface area (Å²) in [6, 6.07) is 8.74. The summed E-state index contributed by atoms with van der Waals surface area (Å²) in [6.07, 6.45) is 4.23. The molecule has 2 aromatic rings. The van der Waals surface area contributed by atoms with Crippen molar-refractivity contribution in [2.75, 3.05) is 13.2 Å². The number of carbonyl (C=O) groups is 2. The molecular weight excluding hydrogens is 400 g/mol. The minimum atomic E-state index is -0.485. The van der Waals surface area contributed by atoms with Crippen LogP contribution in [0.15, 0.2) is 47.3 Å². The van der Waals surface area contributed by atoms with E-state index in [-0.39, 0.29) is 35.6 Å². The Balaban J connectivity index is 1.34. The molecule has 0 radical (unpaired) electrons. The molecule has 1 aliphatic carbocycles. The van der Waals surface area contributed by atoms with Crippen LogP contribution in [0, 0.1) is 11.8 Å². The van der Waals surface area contributed by atoms with Gasteiger partial charge in [0.05, 0.1) is 24.0 Å². The molecule has 1 aromatic heterocycles. The highest BCUT2D eigenvalue weighted by atomic mass is 16.6. The Morgan fingerprint density at radius 2 is 1.97 bits per heavy atom. The van der Waals surface area contributed by atoms with E-state index >= 15 is 0 Å². The van der Waals surface area contributed by atoms with E-state index < -0.39 is 5.97 Å². The van der Waals surface area contributed by atoms with Crippen LogP contribution in [-0.2, 0) is 14.3 Å². The second kappa shape index (κ2) is 8.13. The van der Waals surface area contributed by atoms with Crippen molar-refractivity contribution in [1.29, 1.82) is 0 Å². The second-order valence-corrected chi connectivity index (χ2v) is 8.10. The molecule has 7 nitrogen and oxygen atoms in total. The first kappa shape index (κ1) is 19.7. The van der Waals surface area contributed by atoms with Crippen LogP contribution in [0.2, 0.25) is 0 Å². The lowest BCUT2D eigenvalue weighted by Gasteiger charge is -2.41. The standard InChI is InChI=1S/C24H24O7/c1-2-14-10-16-21(12-20(14)31-24(26)19-4-3-7-27-19)30-13-17(23(16)25)15-5-6-18-22(11-15)29-9-8-28-18/h3-7,11,13-14,16,20-21H,2,8-10,12H2,1H3. The van der Waals surface area contributed by atoms with E-state index in [1.807, 2.05) is 25.1 Å². The van der Waals surface area contributed by atoms with Gasteiger partial charge >= 0.3 is 5.97 Å². The lowest BCUT2D eigenvalue weighted by atomic mass is 9.72. The first-order chi connectivity index (χ1) is 15.1. The second-order valence-electron chi connectivity index (χ2n) is 8.10. The van der Waals surface area contributed by atoms with Gasteiger partial charge in [0.1, 0.15) is 25.4 Å². The van der Waals surface area contributed by atoms with Crippen molar-refractivity contribution in [1.82, 2.24) is 0 Å². The van der Waals surface area contributed by atoms with E-state index in [4.69, 9.17) is 23.4 Å². The molecule has 2 aliphatic heterocycles. The molecule has 31 heavy (non-hydrogen) atoms. The van der Waals surface area contributed by atoms with Gasteiger partial charge in [-0.2, -0.15) is 0 Å². The maximum Gasteiger partial charge on any atom is 0.374 e. The summed E-state index contributed by atoms with van der Waals surface area (Å²) in [6.45, 7) is 3.05. The first-order valence-electron chi connectivity index (χ1n) is 10.7. The monoisotopic (exact) mass is 424 g/mol. The van der Waals surface area contributed by atoms with Gasteiger partial charge in [0.2, 0.25) is 5.76 Å². The molecule has 1 aromatic carbocycles. The molecule has 1 fully saturated rings. The highest BCUT2D eigenvalue weighted by molar-refractivity contribution is 6.22. The van der Waals surface area contributed by atoms with E-state index in [1.165, 1.54) is 12.5 Å². The Morgan fingerprint density at radius 1 is 1.13 bits per heavy atom. The van der Waals surface area contributed by atoms with Crippen molar-refractivity contribution in [3.8, 4) is 11.5 Å². The average molecular weight is 424 g/mol. The number of allylic oxidation sites excluding steroid dienone is 1. The van der Waals surface area contributed by atoms with E-state index in [1.54, 1.807) is 12.1 Å². The molecule has 0 amide bonds. The number of esters is 1. The van der Waals surface area contributed by atoms with Crippen LogP contribution in [0.25, 0.3) is 5.57 Å². The SMILES string of the molecule is CCC1CC2C(=O)C(c3ccc4c(c3)OCCO4)=COC2CC1OC(=O)c1ccco1. The molecule has 3 aliphatic rings. The Morgan fingerprint density at radius 3 is 2.74 bits per heavy atom. The molecule has 7 heteroatoms. The van der Waals surface area contributed by atoms with Crippen molar-refractivity contribution >= 4 is 17.3 Å². The minimum absolute atomic E-state index is 0.0576. The van der Waals surface area contributed by atoms with Crippen molar-refractivity contribution in [3.63, 3.8) is 0 Å². The Bertz CT molecular complexity index is 1010. The van der Waals surface area contributed by atoms with E-state index in [0.29, 0.717) is 43.1 Å². The van der Waals surface area contributed by atoms with Crippen LogP contribution in [0.3, 0.4) is 0 Å². The van der Waals surface area contributed by atoms with Crippen molar-refractivity contribution in [2.24, 2.45) is 11.8 Å². The molecule has 0 saturated heterocycles. The highest BCUT2D eigenvalue weighted by Gasteiger charge is 2.45. The fraction of sp³-hybridized carbons (Fsp3) is 0.417. The molecule has 4 unspecified atom stereocenters. The topological polar surface area (TPSA) is 84.2 Å². The molecule has 0 spiro atoms. The molecule has 0 bridgehead atoms. The number of carbonyl (C=O) groups excluding carboxylic acids is 2.